The molecule has 0 aromatic carbocycles. The van der Waals surface area contributed by atoms with E-state index in [0.29, 0.717) is 370 Å². The Kier molecular flexibility index (Phi) is 99.2. The molecule has 0 bridgehead atoms. The van der Waals surface area contributed by atoms with Crippen molar-refractivity contribution in [3.05, 3.63) is 12.7 Å². The molecule has 0 radical (unpaired) electrons. The summed E-state index contributed by atoms with van der Waals surface area (Å²) in [5.41, 5.74) is 0. The predicted molar refractivity (Wildman–Crippen MR) is 389 cm³/mol. The van der Waals surface area contributed by atoms with Crippen LogP contribution in [0, 0.1) is 0 Å². The Morgan fingerprint density at radius 3 is 0.379 bits per heavy atom. The maximum Gasteiger partial charge on any atom is 0.0701 e. The third-order valence-electron chi connectivity index (χ3n) is 13.9. The lowest BCUT2D eigenvalue weighted by Crippen LogP contribution is -2.16. The highest BCUT2D eigenvalue weighted by Gasteiger charge is 2.03. The first-order valence-corrected chi connectivity index (χ1v) is 38.8. The number of aliphatic hydroxyl groups is 1. The number of aliphatic hydroxyl groups excluding tert-OH is 1. The maximum absolute atomic E-state index is 8.71. The van der Waals surface area contributed by atoms with Crippen molar-refractivity contribution in [2.24, 2.45) is 0 Å². The summed E-state index contributed by atoms with van der Waals surface area (Å²) in [5.74, 6) is 0. The van der Waals surface area contributed by atoms with Crippen molar-refractivity contribution >= 4 is 0 Å². The molecule has 0 saturated carbocycles. The van der Waals surface area contributed by atoms with Gasteiger partial charge in [0.05, 0.1) is 277 Å². The molecular weight excluding hydrogens is 1350 g/mol. The molecule has 0 aliphatic rings. The lowest BCUT2D eigenvalue weighted by atomic mass is 10.1. The Bertz CT molecular complexity index is 1460. The molecule has 0 rings (SSSR count). The highest BCUT2D eigenvalue weighted by molar-refractivity contribution is 4.65. The minimum Gasteiger partial charge on any atom is -0.396 e. The summed E-state index contributed by atoms with van der Waals surface area (Å²) in [6, 6.07) is 0. The fourth-order valence-electron chi connectivity index (χ4n) is 8.45. The minimum atomic E-state index is 0.170. The van der Waals surface area contributed by atoms with E-state index in [4.69, 9.17) is 138 Å². The average Bonchev–Trinajstić information content (AvgIpc) is 3.71. The van der Waals surface area contributed by atoms with Gasteiger partial charge >= 0.3 is 0 Å². The van der Waals surface area contributed by atoms with Gasteiger partial charge in [0.25, 0.3) is 0 Å². The van der Waals surface area contributed by atoms with Gasteiger partial charge in [0, 0.05) is 99.1 Å². The summed E-state index contributed by atoms with van der Waals surface area (Å²) in [6.45, 7) is 34.6. The van der Waals surface area contributed by atoms with Crippen LogP contribution in [0.2, 0.25) is 0 Å². The van der Waals surface area contributed by atoms with Gasteiger partial charge in [0.15, 0.2) is 0 Å². The third-order valence-corrected chi connectivity index (χ3v) is 13.9. The Labute approximate surface area is 621 Å². The standard InChI is InChI=1S/C74H148O29/c1-2-3-4-5-6-7-8-9-10-19-82-33-35-84-37-39-86-41-43-88-45-47-90-49-51-92-53-55-94-57-59-96-61-63-98-65-67-100-69-71-102-73-74-103-72-70-101-68-66-99-64-62-97-60-58-95-56-54-93-52-50-91-48-46-89-44-42-87-40-38-85-36-34-83-32-17-31-81-30-16-29-80-28-15-27-79-26-14-25-78-24-13-23-77-22-12-21-76-20-11-18-75/h2,75H,1,3-74H2. The van der Waals surface area contributed by atoms with E-state index in [1.165, 1.54) is 38.5 Å². The van der Waals surface area contributed by atoms with Gasteiger partial charge < -0.3 is 138 Å². The molecule has 0 aliphatic heterocycles. The molecule has 0 atom stereocenters. The summed E-state index contributed by atoms with van der Waals surface area (Å²) in [4.78, 5) is 0. The van der Waals surface area contributed by atoms with E-state index in [-0.39, 0.29) is 6.61 Å². The van der Waals surface area contributed by atoms with Crippen LogP contribution in [0.5, 0.6) is 0 Å². The van der Waals surface area contributed by atoms with Crippen LogP contribution >= 0.6 is 0 Å². The van der Waals surface area contributed by atoms with E-state index in [9.17, 15) is 0 Å². The van der Waals surface area contributed by atoms with Crippen LogP contribution in [0.4, 0.5) is 0 Å². The Balaban J connectivity index is 3.09. The van der Waals surface area contributed by atoms with E-state index in [0.717, 1.165) is 58.0 Å². The largest absolute Gasteiger partial charge is 0.396 e. The van der Waals surface area contributed by atoms with Crippen LogP contribution in [-0.4, -0.2) is 382 Å². The number of hydrogen-bond acceptors (Lipinski definition) is 29. The fraction of sp³-hybridized carbons (Fsp3) is 0.973. The molecule has 29 heteroatoms. The Hall–Kier alpha value is -1.42. The van der Waals surface area contributed by atoms with Crippen molar-refractivity contribution in [3.8, 4) is 0 Å². The van der Waals surface area contributed by atoms with Gasteiger partial charge in [0.2, 0.25) is 0 Å². The molecule has 103 heavy (non-hydrogen) atoms. The number of rotatable bonds is 100. The Morgan fingerprint density at radius 1 is 0.126 bits per heavy atom. The first kappa shape index (κ1) is 102. The van der Waals surface area contributed by atoms with Gasteiger partial charge in [-0.1, -0.05) is 38.2 Å². The van der Waals surface area contributed by atoms with Crippen molar-refractivity contribution in [1.29, 1.82) is 0 Å². The highest BCUT2D eigenvalue weighted by Crippen LogP contribution is 2.09. The first-order chi connectivity index (χ1) is 51.4. The smallest absolute Gasteiger partial charge is 0.0701 e. The first-order valence-electron chi connectivity index (χ1n) is 38.8. The Morgan fingerprint density at radius 2 is 0.233 bits per heavy atom. The fourth-order valence-corrected chi connectivity index (χ4v) is 8.45. The number of allylic oxidation sites excluding steroid dienone is 1. The van der Waals surface area contributed by atoms with Gasteiger partial charge in [-0.2, -0.15) is 0 Å². The molecule has 0 amide bonds. The van der Waals surface area contributed by atoms with Crippen LogP contribution < -0.4 is 0 Å². The molecule has 0 saturated heterocycles. The molecule has 1 N–H and O–H groups in total. The summed E-state index contributed by atoms with van der Waals surface area (Å²) in [5, 5.41) is 8.71. The number of hydrogen-bond donors (Lipinski definition) is 1. The van der Waals surface area contributed by atoms with Crippen LogP contribution in [0.1, 0.15) is 96.3 Å². The van der Waals surface area contributed by atoms with Gasteiger partial charge in [-0.15, -0.1) is 6.58 Å². The quantitative estimate of drug-likeness (QED) is 0.0504. The molecule has 0 spiro atoms. The van der Waals surface area contributed by atoms with E-state index in [1.807, 2.05) is 6.08 Å². The summed E-state index contributed by atoms with van der Waals surface area (Å²) in [7, 11) is 0. The van der Waals surface area contributed by atoms with E-state index in [2.05, 4.69) is 6.58 Å². The normalized spacial score (nSPS) is 11.8. The van der Waals surface area contributed by atoms with Crippen molar-refractivity contribution < 1.29 is 138 Å². The summed E-state index contributed by atoms with van der Waals surface area (Å²) >= 11 is 0. The zero-order valence-corrected chi connectivity index (χ0v) is 64.1. The third kappa shape index (κ3) is 101. The van der Waals surface area contributed by atoms with Crippen LogP contribution in [-0.2, 0) is 133 Å². The van der Waals surface area contributed by atoms with Gasteiger partial charge in [0.1, 0.15) is 0 Å². The van der Waals surface area contributed by atoms with Crippen LogP contribution in [0.3, 0.4) is 0 Å². The van der Waals surface area contributed by atoms with E-state index >= 15 is 0 Å². The van der Waals surface area contributed by atoms with Crippen LogP contribution in [0.15, 0.2) is 12.7 Å². The lowest BCUT2D eigenvalue weighted by Gasteiger charge is -2.09. The van der Waals surface area contributed by atoms with Gasteiger partial charge in [-0.05, 0) is 64.2 Å². The number of unbranched alkanes of at least 4 members (excludes halogenated alkanes) is 7. The number of ether oxygens (including phenoxy) is 28. The molecule has 0 aromatic rings. The van der Waals surface area contributed by atoms with Crippen molar-refractivity contribution in [3.63, 3.8) is 0 Å². The topological polar surface area (TPSA) is 279 Å². The monoisotopic (exact) mass is 1500 g/mol. The predicted octanol–water partition coefficient (Wildman–Crippen LogP) is 6.48. The van der Waals surface area contributed by atoms with Crippen molar-refractivity contribution in [2.75, 3.05) is 377 Å². The molecule has 0 heterocycles. The molecule has 0 fully saturated rings. The van der Waals surface area contributed by atoms with Crippen molar-refractivity contribution in [1.82, 2.24) is 0 Å². The average molecular weight is 1500 g/mol. The SMILES string of the molecule is C=CCCCCCCCCCOCCOCCOCCOCCOCCOCCOCCOCCOCCOCCOCCOCCOCCOCCOCCOCCOCCOCCOCCOCCOCCOCCCOCCCOCCCOCCCOCCCOCCCOCCCO. The zero-order chi connectivity index (χ0) is 73.4. The second kappa shape index (κ2) is 101. The van der Waals surface area contributed by atoms with Gasteiger partial charge in [-0.25, -0.2) is 0 Å². The minimum absolute atomic E-state index is 0.170. The molecule has 0 aliphatic carbocycles. The summed E-state index contributed by atoms with van der Waals surface area (Å²) in [6.07, 6.45) is 17.9. The molecular formula is C74H148O29. The molecule has 29 nitrogen and oxygen atoms in total. The second-order valence-electron chi connectivity index (χ2n) is 22.9. The summed E-state index contributed by atoms with van der Waals surface area (Å²) < 4.78 is 156. The molecule has 0 unspecified atom stereocenters. The second-order valence-corrected chi connectivity index (χ2v) is 22.9. The van der Waals surface area contributed by atoms with Gasteiger partial charge in [-0.3, -0.25) is 0 Å². The van der Waals surface area contributed by atoms with Crippen molar-refractivity contribution in [2.45, 2.75) is 96.3 Å². The molecule has 618 valence electrons. The van der Waals surface area contributed by atoms with E-state index in [1.54, 1.807) is 0 Å². The maximum atomic E-state index is 8.71. The van der Waals surface area contributed by atoms with E-state index < -0.39 is 0 Å². The lowest BCUT2D eigenvalue weighted by molar-refractivity contribution is -0.0317. The highest BCUT2D eigenvalue weighted by atomic mass is 16.6. The van der Waals surface area contributed by atoms with Crippen LogP contribution in [0.25, 0.3) is 0 Å². The zero-order valence-electron chi connectivity index (χ0n) is 64.1. The molecule has 0 aromatic heterocycles.